The van der Waals surface area contributed by atoms with E-state index in [2.05, 4.69) is 10.3 Å². The van der Waals surface area contributed by atoms with Gasteiger partial charge in [-0.25, -0.2) is 9.37 Å². The molecular weight excluding hydrogens is 336 g/mol. The maximum Gasteiger partial charge on any atom is 0.255 e. The van der Waals surface area contributed by atoms with Crippen molar-refractivity contribution in [3.63, 3.8) is 0 Å². The van der Waals surface area contributed by atoms with Gasteiger partial charge in [0.25, 0.3) is 5.91 Å². The van der Waals surface area contributed by atoms with E-state index in [1.165, 1.54) is 47.1 Å². The monoisotopic (exact) mass is 349 g/mol. The van der Waals surface area contributed by atoms with Crippen LogP contribution in [0.1, 0.15) is 10.4 Å². The molecule has 2 aromatic rings. The van der Waals surface area contributed by atoms with Crippen molar-refractivity contribution in [2.24, 2.45) is 0 Å². The van der Waals surface area contributed by atoms with E-state index in [1.807, 2.05) is 0 Å². The molecule has 8 heteroatoms. The summed E-state index contributed by atoms with van der Waals surface area (Å²) >= 11 is 1.42. The first-order valence-corrected chi connectivity index (χ1v) is 8.27. The fraction of sp³-hybridized carbons (Fsp3) is 0.188. The summed E-state index contributed by atoms with van der Waals surface area (Å²) in [5.41, 5.74) is 0.452. The lowest BCUT2D eigenvalue weighted by Crippen LogP contribution is -2.44. The first-order chi connectivity index (χ1) is 11.5. The highest BCUT2D eigenvalue weighted by atomic mass is 32.2. The predicted octanol–water partition coefficient (Wildman–Crippen LogP) is 2.51. The third kappa shape index (κ3) is 3.53. The van der Waals surface area contributed by atoms with Gasteiger partial charge in [-0.2, -0.15) is 4.39 Å². The van der Waals surface area contributed by atoms with Crippen LogP contribution < -0.4 is 5.32 Å². The van der Waals surface area contributed by atoms with Gasteiger partial charge in [0.05, 0.1) is 5.88 Å². The Labute approximate surface area is 141 Å². The number of amides is 2. The molecule has 1 N–H and O–H groups in total. The number of aromatic nitrogens is 1. The Kier molecular flexibility index (Phi) is 4.75. The highest BCUT2D eigenvalue weighted by molar-refractivity contribution is 7.99. The van der Waals surface area contributed by atoms with Crippen LogP contribution in [0.4, 0.5) is 14.5 Å². The number of hydrogen-bond donors (Lipinski definition) is 1. The highest BCUT2D eigenvalue weighted by Gasteiger charge is 2.35. The summed E-state index contributed by atoms with van der Waals surface area (Å²) in [5.74, 6) is -1.33. The molecule has 1 aliphatic heterocycles. The lowest BCUT2D eigenvalue weighted by atomic mass is 10.2. The smallest absolute Gasteiger partial charge is 0.255 e. The van der Waals surface area contributed by atoms with Gasteiger partial charge in [-0.3, -0.25) is 9.59 Å². The summed E-state index contributed by atoms with van der Waals surface area (Å²) in [6.07, 6.45) is 1.20. The van der Waals surface area contributed by atoms with Crippen molar-refractivity contribution in [2.75, 3.05) is 16.9 Å². The molecule has 1 unspecified atom stereocenters. The Bertz CT molecular complexity index is 787. The molecular formula is C16H13F2N3O2S. The van der Waals surface area contributed by atoms with Crippen LogP contribution in [0.5, 0.6) is 0 Å². The molecule has 2 heterocycles. The molecule has 1 fully saturated rings. The van der Waals surface area contributed by atoms with Crippen molar-refractivity contribution >= 4 is 29.3 Å². The van der Waals surface area contributed by atoms with Crippen LogP contribution in [0.3, 0.4) is 0 Å². The van der Waals surface area contributed by atoms with Gasteiger partial charge in [0, 0.05) is 29.3 Å². The van der Waals surface area contributed by atoms with Crippen molar-refractivity contribution < 1.29 is 18.4 Å². The summed E-state index contributed by atoms with van der Waals surface area (Å²) in [5, 5.41) is 2.60. The van der Waals surface area contributed by atoms with Gasteiger partial charge in [0.2, 0.25) is 11.9 Å². The number of benzene rings is 1. The van der Waals surface area contributed by atoms with E-state index in [4.69, 9.17) is 0 Å². The van der Waals surface area contributed by atoms with E-state index < -0.39 is 29.6 Å². The lowest BCUT2D eigenvalue weighted by Gasteiger charge is -2.23. The molecule has 24 heavy (non-hydrogen) atoms. The number of halogens is 2. The van der Waals surface area contributed by atoms with Crippen LogP contribution >= 0.6 is 11.8 Å². The Hall–Kier alpha value is -2.48. The van der Waals surface area contributed by atoms with Crippen molar-refractivity contribution in [2.45, 2.75) is 6.04 Å². The van der Waals surface area contributed by atoms with E-state index in [0.717, 1.165) is 6.07 Å². The first-order valence-electron chi connectivity index (χ1n) is 7.11. The maximum absolute atomic E-state index is 13.2. The molecule has 1 aliphatic rings. The van der Waals surface area contributed by atoms with Crippen LogP contribution in [0, 0.1) is 11.8 Å². The second-order valence-electron chi connectivity index (χ2n) is 5.16. The first kappa shape index (κ1) is 16.4. The minimum absolute atomic E-state index is 0.133. The van der Waals surface area contributed by atoms with Gasteiger partial charge in [-0.05, 0) is 24.3 Å². The summed E-state index contributed by atoms with van der Waals surface area (Å²) < 4.78 is 26.4. The number of thioether (sulfide) groups is 1. The van der Waals surface area contributed by atoms with E-state index in [0.29, 0.717) is 17.3 Å². The van der Waals surface area contributed by atoms with Gasteiger partial charge < -0.3 is 10.2 Å². The number of rotatable bonds is 3. The number of anilines is 1. The number of hydrogen-bond acceptors (Lipinski definition) is 4. The molecule has 2 amide bonds. The van der Waals surface area contributed by atoms with Gasteiger partial charge in [0.1, 0.15) is 11.9 Å². The van der Waals surface area contributed by atoms with Crippen molar-refractivity contribution in [3.8, 4) is 0 Å². The summed E-state index contributed by atoms with van der Waals surface area (Å²) in [6, 6.07) is 7.24. The molecule has 5 nitrogen and oxygen atoms in total. The Morgan fingerprint density at radius 1 is 1.25 bits per heavy atom. The number of carbonyl (C=O) groups excluding carboxylic acids is 2. The number of nitrogens with zero attached hydrogens (tertiary/aromatic N) is 2. The fourth-order valence-corrected chi connectivity index (χ4v) is 3.51. The Morgan fingerprint density at radius 3 is 2.83 bits per heavy atom. The van der Waals surface area contributed by atoms with E-state index in [9.17, 15) is 18.4 Å². The molecule has 1 atom stereocenters. The molecule has 0 bridgehead atoms. The quantitative estimate of drug-likeness (QED) is 0.865. The molecule has 1 saturated heterocycles. The lowest BCUT2D eigenvalue weighted by molar-refractivity contribution is -0.119. The fourth-order valence-electron chi connectivity index (χ4n) is 2.35. The van der Waals surface area contributed by atoms with Crippen LogP contribution in [-0.4, -0.2) is 39.4 Å². The SMILES string of the molecule is O=C(Nc1cccc(F)c1)C1CSCN1C(=O)c1ccnc(F)c1. The van der Waals surface area contributed by atoms with Crippen LogP contribution in [-0.2, 0) is 4.79 Å². The second kappa shape index (κ2) is 6.96. The molecule has 0 spiro atoms. The topological polar surface area (TPSA) is 62.3 Å². The minimum atomic E-state index is -0.756. The average molecular weight is 349 g/mol. The Balaban J connectivity index is 1.75. The predicted molar refractivity (Wildman–Crippen MR) is 86.5 cm³/mol. The van der Waals surface area contributed by atoms with Crippen LogP contribution in [0.15, 0.2) is 42.6 Å². The maximum atomic E-state index is 13.2. The largest absolute Gasteiger partial charge is 0.324 e. The minimum Gasteiger partial charge on any atom is -0.324 e. The van der Waals surface area contributed by atoms with E-state index in [-0.39, 0.29) is 5.56 Å². The number of pyridine rings is 1. The standard InChI is InChI=1S/C16H13F2N3O2S/c17-11-2-1-3-12(7-11)20-15(22)13-8-24-9-21(13)16(23)10-4-5-19-14(18)6-10/h1-7,13H,8-9H2,(H,20,22). The third-order valence-corrected chi connectivity index (χ3v) is 4.52. The van der Waals surface area contributed by atoms with Gasteiger partial charge in [-0.1, -0.05) is 6.07 Å². The van der Waals surface area contributed by atoms with Gasteiger partial charge >= 0.3 is 0 Å². The normalized spacial score (nSPS) is 16.9. The Morgan fingerprint density at radius 2 is 2.08 bits per heavy atom. The van der Waals surface area contributed by atoms with Crippen LogP contribution in [0.25, 0.3) is 0 Å². The van der Waals surface area contributed by atoms with E-state index in [1.54, 1.807) is 6.07 Å². The molecule has 0 saturated carbocycles. The number of carbonyl (C=O) groups is 2. The second-order valence-corrected chi connectivity index (χ2v) is 6.16. The molecule has 124 valence electrons. The molecule has 0 radical (unpaired) electrons. The average Bonchev–Trinajstić information content (AvgIpc) is 3.04. The van der Waals surface area contributed by atoms with Crippen molar-refractivity contribution in [1.82, 2.24) is 9.88 Å². The van der Waals surface area contributed by atoms with Crippen LogP contribution in [0.2, 0.25) is 0 Å². The van der Waals surface area contributed by atoms with Gasteiger partial charge in [0.15, 0.2) is 0 Å². The highest BCUT2D eigenvalue weighted by Crippen LogP contribution is 2.24. The zero-order chi connectivity index (χ0) is 17.1. The third-order valence-electron chi connectivity index (χ3n) is 3.51. The summed E-state index contributed by atoms with van der Waals surface area (Å²) in [4.78, 5) is 29.7. The van der Waals surface area contributed by atoms with Gasteiger partial charge in [-0.15, -0.1) is 11.8 Å². The molecule has 1 aromatic heterocycles. The molecule has 3 rings (SSSR count). The zero-order valence-corrected chi connectivity index (χ0v) is 13.2. The van der Waals surface area contributed by atoms with Crippen molar-refractivity contribution in [3.05, 3.63) is 59.9 Å². The van der Waals surface area contributed by atoms with E-state index >= 15 is 0 Å². The molecule has 0 aliphatic carbocycles. The zero-order valence-electron chi connectivity index (χ0n) is 12.4. The van der Waals surface area contributed by atoms with Crippen molar-refractivity contribution in [1.29, 1.82) is 0 Å². The summed E-state index contributed by atoms with van der Waals surface area (Å²) in [7, 11) is 0. The number of nitrogens with one attached hydrogen (secondary N) is 1. The molecule has 1 aromatic carbocycles. The summed E-state index contributed by atoms with van der Waals surface area (Å²) in [6.45, 7) is 0.